The fourth-order valence-corrected chi connectivity index (χ4v) is 7.32. The number of ether oxygens (including phenoxy) is 29. The molecule has 0 radical (unpaired) electrons. The van der Waals surface area contributed by atoms with E-state index >= 15 is 0 Å². The fourth-order valence-electron chi connectivity index (χ4n) is 7.32. The minimum atomic E-state index is 0.298. The molecule has 0 aliphatic carbocycles. The van der Waals surface area contributed by atoms with Gasteiger partial charge in [0.25, 0.3) is 0 Å². The van der Waals surface area contributed by atoms with Gasteiger partial charge in [-0.15, -0.1) is 0 Å². The lowest BCUT2D eigenvalue weighted by Gasteiger charge is -2.22. The number of hydrogen-bond acceptors (Lipinski definition) is 33. The summed E-state index contributed by atoms with van der Waals surface area (Å²) in [5.74, 6) is 0. The van der Waals surface area contributed by atoms with Crippen molar-refractivity contribution in [2.75, 3.05) is 422 Å². The van der Waals surface area contributed by atoms with E-state index < -0.39 is 0 Å². The van der Waals surface area contributed by atoms with Crippen molar-refractivity contribution >= 4 is 0 Å². The first kappa shape index (κ1) is 98.4. The summed E-state index contributed by atoms with van der Waals surface area (Å²) in [4.78, 5) is 7.59. The monoisotopic (exact) mass is 1470 g/mol. The number of azide groups is 2. The highest BCUT2D eigenvalue weighted by molar-refractivity contribution is 4.58. The van der Waals surface area contributed by atoms with Gasteiger partial charge in [0.05, 0.1) is 383 Å². The summed E-state index contributed by atoms with van der Waals surface area (Å²) >= 11 is 0. The van der Waals surface area contributed by atoms with Gasteiger partial charge in [0.15, 0.2) is 0 Å². The molecule has 0 fully saturated rings. The Morgan fingerprint density at radius 1 is 0.168 bits per heavy atom. The molecule has 0 rings (SSSR count). The molecule has 0 aliphatic heterocycles. The quantitative estimate of drug-likeness (QED) is 0.0388. The molecule has 0 saturated carbocycles. The standard InChI is InChI=1S/C64H130N8O29/c65-1-7-73-13-19-79-25-27-83-29-31-85-33-35-87-37-39-89-41-43-91-45-47-93-49-51-95-53-55-97-57-59-99-61-63-101-64-62-100-60-58-98-56-54-96-52-50-94-48-46-92-44-42-90-40-38-88-36-34-86-32-30-84-28-26-82-24-18-78-12-6-72(4-10-76-16-22-80-20-14-74-8-2-68-70-66)5-11-77-17-23-81-21-15-75-9-3-69-71-67/h1-65H2. The van der Waals surface area contributed by atoms with Gasteiger partial charge in [-0.05, 0) is 11.1 Å². The Hall–Kier alpha value is -2.62. The van der Waals surface area contributed by atoms with Crippen LogP contribution in [0.4, 0.5) is 0 Å². The second kappa shape index (κ2) is 95.4. The van der Waals surface area contributed by atoms with Gasteiger partial charge < -0.3 is 143 Å². The zero-order valence-corrected chi connectivity index (χ0v) is 60.8. The van der Waals surface area contributed by atoms with Crippen molar-refractivity contribution < 1.29 is 137 Å². The second-order valence-electron chi connectivity index (χ2n) is 20.3. The normalized spacial score (nSPS) is 11.6. The third-order valence-electron chi connectivity index (χ3n) is 12.4. The van der Waals surface area contributed by atoms with Gasteiger partial charge in [0.2, 0.25) is 0 Å². The van der Waals surface area contributed by atoms with E-state index in [-0.39, 0.29) is 0 Å². The molecule has 37 nitrogen and oxygen atoms in total. The average molecular weight is 1480 g/mol. The Morgan fingerprint density at radius 2 is 0.277 bits per heavy atom. The summed E-state index contributed by atoms with van der Waals surface area (Å²) < 4.78 is 160. The Kier molecular flexibility index (Phi) is 92.9. The van der Waals surface area contributed by atoms with Crippen LogP contribution in [-0.2, 0) is 137 Å². The molecule has 101 heavy (non-hydrogen) atoms. The highest BCUT2D eigenvalue weighted by Crippen LogP contribution is 1.96. The summed E-state index contributed by atoms with van der Waals surface area (Å²) in [5, 5.41) is 6.84. The second-order valence-corrected chi connectivity index (χ2v) is 20.3. The molecule has 0 unspecified atom stereocenters. The molecular formula is C64H130N8O29. The minimum absolute atomic E-state index is 0.298. The van der Waals surface area contributed by atoms with Crippen LogP contribution < -0.4 is 5.73 Å². The topological polar surface area (TPSA) is 394 Å². The minimum Gasteiger partial charge on any atom is -0.379 e. The number of nitrogens with zero attached hydrogens (tertiary/aromatic N) is 7. The summed E-state index contributed by atoms with van der Waals surface area (Å²) in [7, 11) is 0. The summed E-state index contributed by atoms with van der Waals surface area (Å²) in [6.45, 7) is 30.8. The molecular weight excluding hydrogens is 1340 g/mol. The molecule has 600 valence electrons. The van der Waals surface area contributed by atoms with Crippen LogP contribution in [0.3, 0.4) is 0 Å². The molecule has 37 heteroatoms. The zero-order chi connectivity index (χ0) is 72.2. The molecule has 0 atom stereocenters. The Morgan fingerprint density at radius 3 is 0.396 bits per heavy atom. The van der Waals surface area contributed by atoms with Crippen molar-refractivity contribution in [1.82, 2.24) is 4.90 Å². The van der Waals surface area contributed by atoms with Crippen molar-refractivity contribution in [1.29, 1.82) is 0 Å². The highest BCUT2D eigenvalue weighted by atomic mass is 16.6. The summed E-state index contributed by atoms with van der Waals surface area (Å²) in [6, 6.07) is 0. The zero-order valence-electron chi connectivity index (χ0n) is 60.8. The van der Waals surface area contributed by atoms with Crippen LogP contribution in [0.5, 0.6) is 0 Å². The SMILES string of the molecule is [N-]=[N+]=NCCOCCOCCOCCN(CCOCCOCCOCCN=[N+]=[N-])CCOCCOCCOCCOCCOCCOCCOCCOCCOCCOCCOCCOCCOCCOCCOCCOCCOCCOCCOCCOCCOCCOCCOCCN. The molecule has 0 aromatic rings. The lowest BCUT2D eigenvalue weighted by Crippen LogP contribution is -2.34. The third kappa shape index (κ3) is 93.4. The molecule has 0 aromatic carbocycles. The van der Waals surface area contributed by atoms with Crippen LogP contribution in [0.25, 0.3) is 20.9 Å². The van der Waals surface area contributed by atoms with Crippen LogP contribution in [0.1, 0.15) is 0 Å². The van der Waals surface area contributed by atoms with E-state index in [9.17, 15) is 0 Å². The smallest absolute Gasteiger partial charge is 0.0701 e. The predicted octanol–water partition coefficient (Wildman–Crippen LogP) is 1.35. The van der Waals surface area contributed by atoms with E-state index in [1.165, 1.54) is 0 Å². The van der Waals surface area contributed by atoms with E-state index in [2.05, 4.69) is 25.0 Å². The van der Waals surface area contributed by atoms with Gasteiger partial charge in [-0.25, -0.2) is 0 Å². The van der Waals surface area contributed by atoms with Gasteiger partial charge in [-0.2, -0.15) is 0 Å². The first-order valence-corrected chi connectivity index (χ1v) is 35.5. The predicted molar refractivity (Wildman–Crippen MR) is 367 cm³/mol. The molecule has 0 aromatic heterocycles. The molecule has 0 spiro atoms. The summed E-state index contributed by atoms with van der Waals surface area (Å²) in [5.41, 5.74) is 21.9. The molecule has 2 N–H and O–H groups in total. The van der Waals surface area contributed by atoms with Gasteiger partial charge in [-0.1, -0.05) is 10.2 Å². The molecule has 0 aliphatic rings. The highest BCUT2D eigenvalue weighted by Gasteiger charge is 2.07. The fraction of sp³-hybridized carbons (Fsp3) is 1.00. The maximum absolute atomic E-state index is 8.29. The Labute approximate surface area is 599 Å². The summed E-state index contributed by atoms with van der Waals surface area (Å²) in [6.07, 6.45) is 0. The number of nitrogens with two attached hydrogens (primary N) is 1. The van der Waals surface area contributed by atoms with E-state index in [4.69, 9.17) is 154 Å². The number of rotatable bonds is 95. The Balaban J connectivity index is 3.36. The van der Waals surface area contributed by atoms with Gasteiger partial charge in [0.1, 0.15) is 0 Å². The van der Waals surface area contributed by atoms with Gasteiger partial charge in [-0.3, -0.25) is 4.90 Å². The van der Waals surface area contributed by atoms with Crippen molar-refractivity contribution in [2.45, 2.75) is 0 Å². The largest absolute Gasteiger partial charge is 0.379 e. The van der Waals surface area contributed by atoms with Crippen molar-refractivity contribution in [2.24, 2.45) is 16.0 Å². The van der Waals surface area contributed by atoms with E-state index in [0.717, 1.165) is 0 Å². The molecule has 0 amide bonds. The van der Waals surface area contributed by atoms with E-state index in [0.29, 0.717) is 422 Å². The van der Waals surface area contributed by atoms with E-state index in [1.54, 1.807) is 0 Å². The number of hydrogen-bond donors (Lipinski definition) is 1. The molecule has 0 heterocycles. The molecule has 0 saturated heterocycles. The maximum atomic E-state index is 8.29. The van der Waals surface area contributed by atoms with Crippen LogP contribution in [0.2, 0.25) is 0 Å². The van der Waals surface area contributed by atoms with Gasteiger partial charge >= 0.3 is 0 Å². The van der Waals surface area contributed by atoms with E-state index in [1.807, 2.05) is 0 Å². The van der Waals surface area contributed by atoms with Crippen molar-refractivity contribution in [3.63, 3.8) is 0 Å². The van der Waals surface area contributed by atoms with Crippen LogP contribution in [0, 0.1) is 0 Å². The molecule has 0 bridgehead atoms. The first-order chi connectivity index (χ1) is 50.3. The van der Waals surface area contributed by atoms with Crippen LogP contribution in [-0.4, -0.2) is 427 Å². The maximum Gasteiger partial charge on any atom is 0.0701 e. The van der Waals surface area contributed by atoms with Crippen molar-refractivity contribution in [3.8, 4) is 0 Å². The third-order valence-corrected chi connectivity index (χ3v) is 12.4. The average Bonchev–Trinajstić information content (AvgIpc) is 3.65. The van der Waals surface area contributed by atoms with Gasteiger partial charge in [0, 0.05) is 49.1 Å². The van der Waals surface area contributed by atoms with Crippen LogP contribution in [0.15, 0.2) is 10.2 Å². The lowest BCUT2D eigenvalue weighted by atomic mass is 10.4. The lowest BCUT2D eigenvalue weighted by molar-refractivity contribution is -0.0319. The Bertz CT molecular complexity index is 1590. The first-order valence-electron chi connectivity index (χ1n) is 35.5. The van der Waals surface area contributed by atoms with Crippen LogP contribution >= 0.6 is 0 Å². The van der Waals surface area contributed by atoms with Crippen molar-refractivity contribution in [3.05, 3.63) is 20.9 Å².